The Balaban J connectivity index is 2.34. The number of carbonyl (C=O) groups excluding carboxylic acids is 3. The van der Waals surface area contributed by atoms with Crippen LogP contribution in [0, 0.1) is 10.1 Å². The first-order chi connectivity index (χ1) is 16.4. The van der Waals surface area contributed by atoms with E-state index < -0.39 is 49.1 Å². The molecule has 0 atom stereocenters. The van der Waals surface area contributed by atoms with Crippen molar-refractivity contribution in [2.24, 2.45) is 0 Å². The van der Waals surface area contributed by atoms with Crippen LogP contribution >= 0.6 is 0 Å². The minimum Gasteiger partial charge on any atom is -0.469 e. The summed E-state index contributed by atoms with van der Waals surface area (Å²) in [5.41, 5.74) is -1.14. The van der Waals surface area contributed by atoms with E-state index in [2.05, 4.69) is 24.4 Å². The average molecular weight is 512 g/mol. The van der Waals surface area contributed by atoms with Gasteiger partial charge in [0, 0.05) is 26.2 Å². The molecule has 0 bridgehead atoms. The van der Waals surface area contributed by atoms with Gasteiger partial charge in [0.15, 0.2) is 0 Å². The van der Waals surface area contributed by atoms with Crippen LogP contribution in [-0.2, 0) is 24.3 Å². The number of amides is 2. The zero-order valence-corrected chi connectivity index (χ0v) is 19.7. The van der Waals surface area contributed by atoms with Crippen molar-refractivity contribution in [3.05, 3.63) is 40.2 Å². The molecule has 0 aliphatic heterocycles. The molecule has 0 aliphatic rings. The van der Waals surface area contributed by atoms with Crippen molar-refractivity contribution in [3.8, 4) is 6.01 Å². The van der Waals surface area contributed by atoms with Gasteiger partial charge in [-0.2, -0.15) is 9.97 Å². The van der Waals surface area contributed by atoms with Gasteiger partial charge in [0.1, 0.15) is 17.8 Å². The van der Waals surface area contributed by atoms with Crippen molar-refractivity contribution in [2.45, 2.75) is 11.3 Å². The lowest BCUT2D eigenvalue weighted by Crippen LogP contribution is -2.43. The van der Waals surface area contributed by atoms with Crippen molar-refractivity contribution in [3.63, 3.8) is 0 Å². The Bertz CT molecular complexity index is 1250. The van der Waals surface area contributed by atoms with E-state index >= 15 is 0 Å². The van der Waals surface area contributed by atoms with Crippen LogP contribution in [0.4, 0.5) is 16.4 Å². The van der Waals surface area contributed by atoms with Crippen LogP contribution in [0.25, 0.3) is 0 Å². The van der Waals surface area contributed by atoms with Gasteiger partial charge in [0.25, 0.3) is 15.7 Å². The summed E-state index contributed by atoms with van der Waals surface area (Å²) in [6.07, 6.45) is 0.892. The Kier molecular flexibility index (Phi) is 8.54. The van der Waals surface area contributed by atoms with Gasteiger partial charge in [0.2, 0.25) is 5.95 Å². The van der Waals surface area contributed by atoms with Crippen molar-refractivity contribution in [1.29, 1.82) is 0 Å². The first kappa shape index (κ1) is 26.8. The molecular formula is C18H20N6O10S. The lowest BCUT2D eigenvalue weighted by Gasteiger charge is -2.23. The smallest absolute Gasteiger partial charge is 0.340 e. The molecule has 0 N–H and O–H groups in total. The highest BCUT2D eigenvalue weighted by atomic mass is 32.2. The first-order valence-corrected chi connectivity index (χ1v) is 10.9. The summed E-state index contributed by atoms with van der Waals surface area (Å²) in [5, 5.41) is 11.1. The van der Waals surface area contributed by atoms with Gasteiger partial charge in [-0.3, -0.25) is 19.8 Å². The standard InChI is InChI=1S/C18H20N6O10S/c1-22(16-19-10-20-17(21-16)34-8-7-14(25)32-3)18(27)23(2)35(30,31)13-9-11(24(28)29)5-6-12(13)15(26)33-4/h5-6,9-10H,7-8H2,1-4H3. The lowest BCUT2D eigenvalue weighted by molar-refractivity contribution is -0.385. The van der Waals surface area contributed by atoms with E-state index in [-0.39, 0.29) is 29.3 Å². The Labute approximate surface area is 198 Å². The highest BCUT2D eigenvalue weighted by Crippen LogP contribution is 2.26. The highest BCUT2D eigenvalue weighted by molar-refractivity contribution is 7.89. The lowest BCUT2D eigenvalue weighted by atomic mass is 10.2. The van der Waals surface area contributed by atoms with E-state index in [1.165, 1.54) is 7.11 Å². The van der Waals surface area contributed by atoms with Crippen LogP contribution in [0.3, 0.4) is 0 Å². The molecule has 0 unspecified atom stereocenters. The number of aromatic nitrogens is 3. The number of sulfonamides is 1. The monoisotopic (exact) mass is 512 g/mol. The largest absolute Gasteiger partial charge is 0.469 e. The number of esters is 2. The van der Waals surface area contributed by atoms with Gasteiger partial charge < -0.3 is 14.2 Å². The van der Waals surface area contributed by atoms with Crippen LogP contribution in [0.5, 0.6) is 6.01 Å². The maximum atomic E-state index is 13.2. The fraction of sp³-hybridized carbons (Fsp3) is 0.333. The number of nitrogens with zero attached hydrogens (tertiary/aromatic N) is 6. The van der Waals surface area contributed by atoms with Crippen molar-refractivity contribution < 1.29 is 41.9 Å². The van der Waals surface area contributed by atoms with E-state index in [9.17, 15) is 32.9 Å². The molecule has 2 aromatic rings. The summed E-state index contributed by atoms with van der Waals surface area (Å²) in [6.45, 7) is -0.134. The van der Waals surface area contributed by atoms with Gasteiger partial charge >= 0.3 is 24.0 Å². The summed E-state index contributed by atoms with van der Waals surface area (Å²) < 4.78 is 40.8. The van der Waals surface area contributed by atoms with E-state index in [0.717, 1.165) is 44.6 Å². The van der Waals surface area contributed by atoms with Gasteiger partial charge in [-0.05, 0) is 6.07 Å². The summed E-state index contributed by atoms with van der Waals surface area (Å²) in [6, 6.07) is 1.03. The van der Waals surface area contributed by atoms with Crippen LogP contribution in [0.2, 0.25) is 0 Å². The number of anilines is 1. The molecule has 16 nitrogen and oxygen atoms in total. The molecule has 0 radical (unpaired) electrons. The number of hydrogen-bond acceptors (Lipinski definition) is 13. The molecule has 2 amide bonds. The molecule has 2 rings (SSSR count). The second-order valence-electron chi connectivity index (χ2n) is 6.49. The minimum atomic E-state index is -4.79. The highest BCUT2D eigenvalue weighted by Gasteiger charge is 2.34. The fourth-order valence-electron chi connectivity index (χ4n) is 2.50. The number of urea groups is 1. The fourth-order valence-corrected chi connectivity index (χ4v) is 3.82. The summed E-state index contributed by atoms with van der Waals surface area (Å²) >= 11 is 0. The number of hydrogen-bond donors (Lipinski definition) is 0. The second kappa shape index (κ2) is 11.1. The quantitative estimate of drug-likeness (QED) is 0.254. The molecular weight excluding hydrogens is 492 g/mol. The number of methoxy groups -OCH3 is 2. The SMILES string of the molecule is COC(=O)CCOc1ncnc(N(C)C(=O)N(C)S(=O)(=O)c2cc([N+](=O)[O-])ccc2C(=O)OC)n1. The minimum absolute atomic E-state index is 0.0982. The number of carbonyl (C=O) groups is 3. The van der Waals surface area contributed by atoms with E-state index in [0.29, 0.717) is 6.07 Å². The topological polar surface area (TPSA) is 201 Å². The Hall–Kier alpha value is -4.41. The van der Waals surface area contributed by atoms with Gasteiger partial charge in [0.05, 0.1) is 31.1 Å². The molecule has 17 heteroatoms. The van der Waals surface area contributed by atoms with E-state index in [4.69, 9.17) is 4.74 Å². The first-order valence-electron chi connectivity index (χ1n) is 9.46. The summed E-state index contributed by atoms with van der Waals surface area (Å²) in [7, 11) is -0.560. The number of non-ortho nitro benzene ring substituents is 1. The molecule has 0 fully saturated rings. The number of nitro groups is 1. The maximum Gasteiger partial charge on any atom is 0.340 e. The van der Waals surface area contributed by atoms with Crippen molar-refractivity contribution in [2.75, 3.05) is 39.8 Å². The summed E-state index contributed by atoms with van der Waals surface area (Å²) in [5.74, 6) is -1.93. The van der Waals surface area contributed by atoms with Crippen LogP contribution in [-0.4, -0.2) is 85.5 Å². The van der Waals surface area contributed by atoms with Crippen molar-refractivity contribution >= 4 is 39.6 Å². The van der Waals surface area contributed by atoms with Gasteiger partial charge in [-0.1, -0.05) is 0 Å². The van der Waals surface area contributed by atoms with Gasteiger partial charge in [-0.15, -0.1) is 0 Å². The van der Waals surface area contributed by atoms with Crippen LogP contribution < -0.4 is 9.64 Å². The third kappa shape index (κ3) is 6.14. The third-order valence-electron chi connectivity index (χ3n) is 4.38. The predicted molar refractivity (Wildman–Crippen MR) is 115 cm³/mol. The molecule has 1 aromatic carbocycles. The Morgan fingerprint density at radius 1 is 1.11 bits per heavy atom. The average Bonchev–Trinajstić information content (AvgIpc) is 2.86. The third-order valence-corrected chi connectivity index (χ3v) is 6.15. The molecule has 35 heavy (non-hydrogen) atoms. The molecule has 188 valence electrons. The number of benzene rings is 1. The summed E-state index contributed by atoms with van der Waals surface area (Å²) in [4.78, 5) is 57.7. The Morgan fingerprint density at radius 2 is 1.80 bits per heavy atom. The molecule has 1 heterocycles. The van der Waals surface area contributed by atoms with Gasteiger partial charge in [-0.25, -0.2) is 27.3 Å². The Morgan fingerprint density at radius 3 is 2.40 bits per heavy atom. The van der Waals surface area contributed by atoms with Crippen LogP contribution in [0.1, 0.15) is 16.8 Å². The van der Waals surface area contributed by atoms with Crippen LogP contribution in [0.15, 0.2) is 29.4 Å². The van der Waals surface area contributed by atoms with E-state index in [1.807, 2.05) is 0 Å². The molecule has 0 saturated heterocycles. The normalized spacial score (nSPS) is 10.7. The predicted octanol–water partition coefficient (Wildman–Crippen LogP) is 0.385. The molecule has 1 aromatic heterocycles. The number of rotatable bonds is 9. The van der Waals surface area contributed by atoms with E-state index in [1.54, 1.807) is 0 Å². The second-order valence-corrected chi connectivity index (χ2v) is 8.42. The number of nitro benzene ring substituents is 1. The molecule has 0 spiro atoms. The zero-order chi connectivity index (χ0) is 26.3. The molecule has 0 aliphatic carbocycles. The molecule has 0 saturated carbocycles. The maximum absolute atomic E-state index is 13.2. The number of ether oxygens (including phenoxy) is 3. The van der Waals surface area contributed by atoms with Crippen molar-refractivity contribution in [1.82, 2.24) is 19.3 Å². The zero-order valence-electron chi connectivity index (χ0n) is 18.9.